The van der Waals surface area contributed by atoms with Crippen LogP contribution in [0.25, 0.3) is 0 Å². The molecule has 0 aliphatic heterocycles. The highest BCUT2D eigenvalue weighted by Crippen LogP contribution is 2.21. The van der Waals surface area contributed by atoms with E-state index in [1.165, 1.54) is 4.88 Å². The lowest BCUT2D eigenvalue weighted by molar-refractivity contribution is 0.102. The second-order valence-corrected chi connectivity index (χ2v) is 4.82. The van der Waals surface area contributed by atoms with E-state index in [2.05, 4.69) is 10.3 Å². The smallest absolute Gasteiger partial charge is 0.275 e. The van der Waals surface area contributed by atoms with E-state index >= 15 is 0 Å². The quantitative estimate of drug-likeness (QED) is 0.864. The highest BCUT2D eigenvalue weighted by atomic mass is 32.1. The molecule has 2 aromatic rings. The van der Waals surface area contributed by atoms with E-state index in [4.69, 9.17) is 0 Å². The number of hydrogen-bond acceptors (Lipinski definition) is 3. The van der Waals surface area contributed by atoms with E-state index in [0.29, 0.717) is 5.69 Å². The minimum Gasteiger partial charge on any atom is -0.312 e. The normalized spacial score (nSPS) is 10.1. The number of hydrogen-bond donors (Lipinski definition) is 1. The summed E-state index contributed by atoms with van der Waals surface area (Å²) in [4.78, 5) is 17.1. The Balaban J connectivity index is 2.18. The summed E-state index contributed by atoms with van der Waals surface area (Å²) >= 11 is 1.56. The zero-order chi connectivity index (χ0) is 11.5. The fourth-order valence-electron chi connectivity index (χ4n) is 1.40. The van der Waals surface area contributed by atoms with Gasteiger partial charge in [-0.2, -0.15) is 0 Å². The van der Waals surface area contributed by atoms with Crippen molar-refractivity contribution in [3.63, 3.8) is 0 Å². The first-order valence-electron chi connectivity index (χ1n) is 4.96. The molecule has 1 amide bonds. The van der Waals surface area contributed by atoms with Gasteiger partial charge in [-0.15, -0.1) is 11.3 Å². The molecular formula is C12H12N2OS. The SMILES string of the molecule is Cc1ccc(NC(=O)c2ncccc2C)s1. The molecule has 0 aliphatic rings. The number of aromatic nitrogens is 1. The topological polar surface area (TPSA) is 42.0 Å². The van der Waals surface area contributed by atoms with Gasteiger partial charge >= 0.3 is 0 Å². The van der Waals surface area contributed by atoms with E-state index in [9.17, 15) is 4.79 Å². The Kier molecular flexibility index (Phi) is 3.01. The molecule has 0 unspecified atom stereocenters. The van der Waals surface area contributed by atoms with Gasteiger partial charge in [-0.05, 0) is 37.6 Å². The molecule has 0 fully saturated rings. The van der Waals surface area contributed by atoms with Gasteiger partial charge in [0.2, 0.25) is 0 Å². The van der Waals surface area contributed by atoms with Crippen LogP contribution in [0.3, 0.4) is 0 Å². The number of aryl methyl sites for hydroxylation is 2. The van der Waals surface area contributed by atoms with Crippen LogP contribution < -0.4 is 5.32 Å². The molecule has 4 heteroatoms. The van der Waals surface area contributed by atoms with Crippen LogP contribution in [0.1, 0.15) is 20.9 Å². The molecule has 2 aromatic heterocycles. The molecule has 0 spiro atoms. The van der Waals surface area contributed by atoms with Gasteiger partial charge in [0, 0.05) is 11.1 Å². The van der Waals surface area contributed by atoms with Crippen molar-refractivity contribution in [2.24, 2.45) is 0 Å². The third-order valence-corrected chi connectivity index (χ3v) is 3.12. The maximum Gasteiger partial charge on any atom is 0.275 e. The van der Waals surface area contributed by atoms with E-state index in [1.807, 2.05) is 38.1 Å². The standard InChI is InChI=1S/C12H12N2OS/c1-8-4-3-7-13-11(8)12(15)14-10-6-5-9(2)16-10/h3-7H,1-2H3,(H,14,15). The highest BCUT2D eigenvalue weighted by Gasteiger charge is 2.10. The fourth-order valence-corrected chi connectivity index (χ4v) is 2.16. The van der Waals surface area contributed by atoms with Gasteiger partial charge in [0.05, 0.1) is 5.00 Å². The molecule has 0 saturated carbocycles. The van der Waals surface area contributed by atoms with Gasteiger partial charge in [0.15, 0.2) is 0 Å². The molecule has 2 heterocycles. The zero-order valence-corrected chi connectivity index (χ0v) is 9.97. The van der Waals surface area contributed by atoms with Crippen molar-refractivity contribution in [2.45, 2.75) is 13.8 Å². The van der Waals surface area contributed by atoms with Crippen LogP contribution in [0.4, 0.5) is 5.00 Å². The lowest BCUT2D eigenvalue weighted by Crippen LogP contribution is -2.14. The minimum absolute atomic E-state index is 0.153. The second-order valence-electron chi connectivity index (χ2n) is 3.53. The lowest BCUT2D eigenvalue weighted by atomic mass is 10.2. The molecule has 3 nitrogen and oxygen atoms in total. The Hall–Kier alpha value is -1.68. The number of amides is 1. The highest BCUT2D eigenvalue weighted by molar-refractivity contribution is 7.16. The molecular weight excluding hydrogens is 220 g/mol. The average molecular weight is 232 g/mol. The van der Waals surface area contributed by atoms with Crippen molar-refractivity contribution in [1.82, 2.24) is 4.98 Å². The van der Waals surface area contributed by atoms with Crippen molar-refractivity contribution in [3.05, 3.63) is 46.6 Å². The fraction of sp³-hybridized carbons (Fsp3) is 0.167. The van der Waals surface area contributed by atoms with Crippen molar-refractivity contribution in [2.75, 3.05) is 5.32 Å². The van der Waals surface area contributed by atoms with E-state index < -0.39 is 0 Å². The Bertz CT molecular complexity index is 519. The summed E-state index contributed by atoms with van der Waals surface area (Å²) in [6.07, 6.45) is 1.63. The third-order valence-electron chi connectivity index (χ3n) is 2.20. The molecule has 2 rings (SSSR count). The van der Waals surface area contributed by atoms with E-state index in [0.717, 1.165) is 10.6 Å². The summed E-state index contributed by atoms with van der Waals surface area (Å²) in [6, 6.07) is 7.57. The van der Waals surface area contributed by atoms with E-state index in [1.54, 1.807) is 17.5 Å². The number of thiophene rings is 1. The summed E-state index contributed by atoms with van der Waals surface area (Å²) in [5.41, 5.74) is 1.36. The number of rotatable bonds is 2. The van der Waals surface area contributed by atoms with Crippen LogP contribution in [0, 0.1) is 13.8 Å². The van der Waals surface area contributed by atoms with Crippen LogP contribution in [0.5, 0.6) is 0 Å². The van der Waals surface area contributed by atoms with Gasteiger partial charge in [0.25, 0.3) is 5.91 Å². The number of anilines is 1. The largest absolute Gasteiger partial charge is 0.312 e. The van der Waals surface area contributed by atoms with Crippen LogP contribution in [0.15, 0.2) is 30.5 Å². The van der Waals surface area contributed by atoms with Gasteiger partial charge in [-0.25, -0.2) is 0 Å². The average Bonchev–Trinajstić information content (AvgIpc) is 2.64. The number of carbonyl (C=O) groups excluding carboxylic acids is 1. The Morgan fingerprint density at radius 3 is 2.75 bits per heavy atom. The van der Waals surface area contributed by atoms with Crippen molar-refractivity contribution < 1.29 is 4.79 Å². The molecule has 1 N–H and O–H groups in total. The maximum absolute atomic E-state index is 11.9. The monoisotopic (exact) mass is 232 g/mol. The van der Waals surface area contributed by atoms with Crippen LogP contribution in [-0.4, -0.2) is 10.9 Å². The summed E-state index contributed by atoms with van der Waals surface area (Å²) in [5.74, 6) is -0.153. The number of pyridine rings is 1. The Morgan fingerprint density at radius 1 is 1.31 bits per heavy atom. The van der Waals surface area contributed by atoms with Crippen molar-refractivity contribution in [1.29, 1.82) is 0 Å². The van der Waals surface area contributed by atoms with E-state index in [-0.39, 0.29) is 5.91 Å². The van der Waals surface area contributed by atoms with Gasteiger partial charge < -0.3 is 5.32 Å². The third kappa shape index (κ3) is 2.28. The van der Waals surface area contributed by atoms with Gasteiger partial charge in [-0.3, -0.25) is 9.78 Å². The summed E-state index contributed by atoms with van der Waals surface area (Å²) in [7, 11) is 0. The van der Waals surface area contributed by atoms with Crippen LogP contribution >= 0.6 is 11.3 Å². The summed E-state index contributed by atoms with van der Waals surface area (Å²) in [5, 5.41) is 3.69. The second kappa shape index (κ2) is 4.45. The number of carbonyl (C=O) groups is 1. The predicted molar refractivity (Wildman–Crippen MR) is 66.0 cm³/mol. The Labute approximate surface area is 98.2 Å². The summed E-state index contributed by atoms with van der Waals surface area (Å²) < 4.78 is 0. The first kappa shape index (κ1) is 10.8. The number of nitrogens with zero attached hydrogens (tertiary/aromatic N) is 1. The molecule has 0 bridgehead atoms. The van der Waals surface area contributed by atoms with Crippen LogP contribution in [0.2, 0.25) is 0 Å². The first-order chi connectivity index (χ1) is 7.66. The molecule has 82 valence electrons. The zero-order valence-electron chi connectivity index (χ0n) is 9.15. The molecule has 0 atom stereocenters. The van der Waals surface area contributed by atoms with Gasteiger partial charge in [-0.1, -0.05) is 6.07 Å². The predicted octanol–water partition coefficient (Wildman–Crippen LogP) is 3.01. The number of nitrogens with one attached hydrogen (secondary N) is 1. The molecule has 0 radical (unpaired) electrons. The molecule has 0 aromatic carbocycles. The lowest BCUT2D eigenvalue weighted by Gasteiger charge is -2.03. The molecule has 16 heavy (non-hydrogen) atoms. The minimum atomic E-state index is -0.153. The maximum atomic E-state index is 11.9. The first-order valence-corrected chi connectivity index (χ1v) is 5.78. The van der Waals surface area contributed by atoms with Crippen molar-refractivity contribution in [3.8, 4) is 0 Å². The van der Waals surface area contributed by atoms with Gasteiger partial charge in [0.1, 0.15) is 5.69 Å². The Morgan fingerprint density at radius 2 is 2.12 bits per heavy atom. The summed E-state index contributed by atoms with van der Waals surface area (Å²) in [6.45, 7) is 3.88. The molecule has 0 saturated heterocycles. The molecule has 0 aliphatic carbocycles. The van der Waals surface area contributed by atoms with Crippen molar-refractivity contribution >= 4 is 22.2 Å². The van der Waals surface area contributed by atoms with Crippen LogP contribution in [-0.2, 0) is 0 Å².